The van der Waals surface area contributed by atoms with Crippen LogP contribution in [0.2, 0.25) is 0 Å². The highest BCUT2D eigenvalue weighted by molar-refractivity contribution is 9.10. The van der Waals surface area contributed by atoms with E-state index in [-0.39, 0.29) is 10.2 Å². The van der Waals surface area contributed by atoms with Crippen molar-refractivity contribution in [3.8, 4) is 0 Å². The standard InChI is InChI=1S/C6H4BrF3N2/c7-2-1-3(8)12-5(4(2)11)6(9)10/h1,6H,11H2. The molecular formula is C6H4BrF3N2. The molecular weight excluding hydrogens is 237 g/mol. The van der Waals surface area contributed by atoms with Gasteiger partial charge in [0.05, 0.1) is 5.69 Å². The lowest BCUT2D eigenvalue weighted by Crippen LogP contribution is -2.01. The summed E-state index contributed by atoms with van der Waals surface area (Å²) in [6.07, 6.45) is -2.86. The maximum absolute atomic E-state index is 12.4. The van der Waals surface area contributed by atoms with Gasteiger partial charge in [-0.2, -0.15) is 4.39 Å². The molecule has 1 heterocycles. The van der Waals surface area contributed by atoms with Gasteiger partial charge in [-0.3, -0.25) is 0 Å². The van der Waals surface area contributed by atoms with Crippen LogP contribution in [0.15, 0.2) is 10.5 Å². The maximum Gasteiger partial charge on any atom is 0.282 e. The van der Waals surface area contributed by atoms with Crippen LogP contribution in [0.4, 0.5) is 18.9 Å². The van der Waals surface area contributed by atoms with Crippen molar-refractivity contribution >= 4 is 21.6 Å². The molecule has 0 aliphatic heterocycles. The Morgan fingerprint density at radius 1 is 1.50 bits per heavy atom. The average Bonchev–Trinajstić information content (AvgIpc) is 1.96. The number of anilines is 1. The molecule has 0 aromatic carbocycles. The first kappa shape index (κ1) is 9.31. The van der Waals surface area contributed by atoms with Crippen molar-refractivity contribution in [2.45, 2.75) is 6.43 Å². The molecule has 0 aliphatic rings. The number of halogens is 4. The molecule has 2 nitrogen and oxygen atoms in total. The minimum absolute atomic E-state index is 0.0882. The highest BCUT2D eigenvalue weighted by Gasteiger charge is 2.16. The first-order valence-electron chi connectivity index (χ1n) is 2.92. The van der Waals surface area contributed by atoms with E-state index >= 15 is 0 Å². The zero-order chi connectivity index (χ0) is 9.30. The largest absolute Gasteiger partial charge is 0.396 e. The lowest BCUT2D eigenvalue weighted by Gasteiger charge is -2.04. The number of nitrogen functional groups attached to an aromatic ring is 1. The van der Waals surface area contributed by atoms with Crippen LogP contribution in [0.5, 0.6) is 0 Å². The van der Waals surface area contributed by atoms with E-state index < -0.39 is 18.1 Å². The highest BCUT2D eigenvalue weighted by atomic mass is 79.9. The number of nitrogens with zero attached hydrogens (tertiary/aromatic N) is 1. The Morgan fingerprint density at radius 3 is 2.58 bits per heavy atom. The van der Waals surface area contributed by atoms with Crippen molar-refractivity contribution in [3.63, 3.8) is 0 Å². The van der Waals surface area contributed by atoms with E-state index in [1.807, 2.05) is 0 Å². The lowest BCUT2D eigenvalue weighted by molar-refractivity contribution is 0.145. The van der Waals surface area contributed by atoms with Crippen LogP contribution >= 0.6 is 15.9 Å². The van der Waals surface area contributed by atoms with Crippen LogP contribution in [-0.2, 0) is 0 Å². The number of hydrogen-bond acceptors (Lipinski definition) is 2. The molecule has 0 saturated heterocycles. The Labute approximate surface area is 74.7 Å². The van der Waals surface area contributed by atoms with Gasteiger partial charge < -0.3 is 5.73 Å². The van der Waals surface area contributed by atoms with Crippen molar-refractivity contribution < 1.29 is 13.2 Å². The number of hydrogen-bond donors (Lipinski definition) is 1. The normalized spacial score (nSPS) is 10.8. The SMILES string of the molecule is Nc1c(Br)cc(F)nc1C(F)F. The van der Waals surface area contributed by atoms with Gasteiger partial charge in [-0.25, -0.2) is 13.8 Å². The van der Waals surface area contributed by atoms with Crippen LogP contribution in [0.3, 0.4) is 0 Å². The lowest BCUT2D eigenvalue weighted by atomic mass is 10.3. The molecule has 1 aromatic rings. The summed E-state index contributed by atoms with van der Waals surface area (Å²) in [4.78, 5) is 2.96. The van der Waals surface area contributed by atoms with Gasteiger partial charge in [0.15, 0.2) is 0 Å². The Balaban J connectivity index is 3.28. The molecule has 12 heavy (non-hydrogen) atoms. The highest BCUT2D eigenvalue weighted by Crippen LogP contribution is 2.29. The van der Waals surface area contributed by atoms with Gasteiger partial charge in [-0.05, 0) is 15.9 Å². The summed E-state index contributed by atoms with van der Waals surface area (Å²) in [5.41, 5.74) is 4.23. The fraction of sp³-hybridized carbons (Fsp3) is 0.167. The summed E-state index contributed by atoms with van der Waals surface area (Å²) in [6, 6.07) is 0.932. The summed E-state index contributed by atoms with van der Waals surface area (Å²) >= 11 is 2.83. The van der Waals surface area contributed by atoms with Crippen LogP contribution in [-0.4, -0.2) is 4.98 Å². The Kier molecular flexibility index (Phi) is 2.56. The molecule has 6 heteroatoms. The molecule has 2 N–H and O–H groups in total. The second-order valence-electron chi connectivity index (χ2n) is 2.03. The monoisotopic (exact) mass is 240 g/mol. The van der Waals surface area contributed by atoms with Gasteiger partial charge in [-0.1, -0.05) is 0 Å². The molecule has 0 atom stereocenters. The number of aromatic nitrogens is 1. The van der Waals surface area contributed by atoms with Gasteiger partial charge in [0.25, 0.3) is 6.43 Å². The third kappa shape index (κ3) is 1.69. The average molecular weight is 241 g/mol. The van der Waals surface area contributed by atoms with E-state index in [2.05, 4.69) is 20.9 Å². The molecule has 0 radical (unpaired) electrons. The summed E-state index contributed by atoms with van der Waals surface area (Å²) in [5.74, 6) is -0.980. The second kappa shape index (κ2) is 3.30. The van der Waals surface area contributed by atoms with E-state index in [1.54, 1.807) is 0 Å². The minimum Gasteiger partial charge on any atom is -0.396 e. The number of pyridine rings is 1. The van der Waals surface area contributed by atoms with Crippen molar-refractivity contribution in [1.82, 2.24) is 4.98 Å². The van der Waals surface area contributed by atoms with E-state index in [0.29, 0.717) is 0 Å². The first-order chi connectivity index (χ1) is 5.52. The van der Waals surface area contributed by atoms with Crippen LogP contribution in [0.1, 0.15) is 12.1 Å². The fourth-order valence-corrected chi connectivity index (χ4v) is 1.07. The Bertz CT molecular complexity index is 303. The van der Waals surface area contributed by atoms with E-state index in [0.717, 1.165) is 6.07 Å². The number of alkyl halides is 2. The van der Waals surface area contributed by atoms with Crippen molar-refractivity contribution in [3.05, 3.63) is 22.2 Å². The maximum atomic E-state index is 12.4. The Hall–Kier alpha value is -0.780. The second-order valence-corrected chi connectivity index (χ2v) is 2.88. The van der Waals surface area contributed by atoms with E-state index in [9.17, 15) is 13.2 Å². The molecule has 0 aliphatic carbocycles. The Morgan fingerprint density at radius 2 is 2.08 bits per heavy atom. The van der Waals surface area contributed by atoms with Gasteiger partial charge in [0, 0.05) is 10.5 Å². The van der Waals surface area contributed by atoms with Crippen molar-refractivity contribution in [2.75, 3.05) is 5.73 Å². The minimum atomic E-state index is -2.86. The zero-order valence-corrected chi connectivity index (χ0v) is 7.28. The molecule has 0 spiro atoms. The van der Waals surface area contributed by atoms with Crippen LogP contribution < -0.4 is 5.73 Å². The smallest absolute Gasteiger partial charge is 0.282 e. The van der Waals surface area contributed by atoms with E-state index in [1.165, 1.54) is 0 Å². The molecule has 0 bridgehead atoms. The van der Waals surface area contributed by atoms with Crippen molar-refractivity contribution in [1.29, 1.82) is 0 Å². The predicted octanol–water partition coefficient (Wildman–Crippen LogP) is 2.50. The molecule has 1 rings (SSSR count). The number of rotatable bonds is 1. The van der Waals surface area contributed by atoms with Gasteiger partial charge in [0.2, 0.25) is 5.95 Å². The fourth-order valence-electron chi connectivity index (χ4n) is 0.679. The summed E-state index contributed by atoms with van der Waals surface area (Å²) in [6.45, 7) is 0. The molecule has 0 fully saturated rings. The molecule has 0 amide bonds. The third-order valence-electron chi connectivity index (χ3n) is 1.21. The quantitative estimate of drug-likeness (QED) is 0.767. The number of nitrogens with two attached hydrogens (primary N) is 1. The molecule has 66 valence electrons. The van der Waals surface area contributed by atoms with E-state index in [4.69, 9.17) is 5.73 Å². The third-order valence-corrected chi connectivity index (χ3v) is 1.87. The zero-order valence-electron chi connectivity index (χ0n) is 5.69. The summed E-state index contributed by atoms with van der Waals surface area (Å²) < 4.78 is 36.6. The van der Waals surface area contributed by atoms with Gasteiger partial charge >= 0.3 is 0 Å². The predicted molar refractivity (Wildman–Crippen MR) is 41.3 cm³/mol. The van der Waals surface area contributed by atoms with Crippen LogP contribution in [0, 0.1) is 5.95 Å². The first-order valence-corrected chi connectivity index (χ1v) is 3.71. The van der Waals surface area contributed by atoms with Gasteiger partial charge in [-0.15, -0.1) is 0 Å². The van der Waals surface area contributed by atoms with Crippen molar-refractivity contribution in [2.24, 2.45) is 0 Å². The van der Waals surface area contributed by atoms with Crippen LogP contribution in [0.25, 0.3) is 0 Å². The summed E-state index contributed by atoms with van der Waals surface area (Å²) in [7, 11) is 0. The van der Waals surface area contributed by atoms with Gasteiger partial charge in [0.1, 0.15) is 5.69 Å². The molecule has 0 saturated carbocycles. The molecule has 0 unspecified atom stereocenters. The topological polar surface area (TPSA) is 38.9 Å². The summed E-state index contributed by atoms with van der Waals surface area (Å²) in [5, 5.41) is 0. The molecule has 1 aromatic heterocycles.